The van der Waals surface area contributed by atoms with Gasteiger partial charge in [0, 0.05) is 19.2 Å². The largest absolute Gasteiger partial charge is 0.464 e. The number of benzene rings is 1. The third-order valence-electron chi connectivity index (χ3n) is 3.20. The van der Waals surface area contributed by atoms with E-state index in [-0.39, 0.29) is 11.8 Å². The summed E-state index contributed by atoms with van der Waals surface area (Å²) >= 11 is 0. The third-order valence-corrected chi connectivity index (χ3v) is 3.20. The summed E-state index contributed by atoms with van der Waals surface area (Å²) in [4.78, 5) is 12.1. The molecule has 0 aromatic heterocycles. The van der Waals surface area contributed by atoms with Crippen molar-refractivity contribution in [1.29, 1.82) is 0 Å². The second-order valence-corrected chi connectivity index (χ2v) is 5.63. The van der Waals surface area contributed by atoms with E-state index < -0.39 is 11.6 Å². The van der Waals surface area contributed by atoms with Gasteiger partial charge in [-0.25, -0.2) is 9.18 Å². The Morgan fingerprint density at radius 3 is 2.57 bits per heavy atom. The normalized spacial score (nSPS) is 12.9. The molecule has 0 bridgehead atoms. The third kappa shape index (κ3) is 5.71. The van der Waals surface area contributed by atoms with E-state index in [9.17, 15) is 9.18 Å². The number of hydrogen-bond acceptors (Lipinski definition) is 4. The molecule has 118 valence electrons. The molecule has 4 nitrogen and oxygen atoms in total. The van der Waals surface area contributed by atoms with E-state index in [0.29, 0.717) is 18.7 Å². The maximum absolute atomic E-state index is 13.5. The average molecular weight is 297 g/mol. The van der Waals surface area contributed by atoms with Crippen LogP contribution in [0, 0.1) is 12.7 Å². The standard InChI is InChI=1S/C16H24FNO3/c1-6-21-15(19)14(10-16(3,4)20-5)18-13-8-11(2)7-12(17)9-13/h7-9,14,18H,6,10H2,1-5H3. The van der Waals surface area contributed by atoms with Crippen molar-refractivity contribution in [2.24, 2.45) is 0 Å². The first-order chi connectivity index (χ1) is 9.77. The van der Waals surface area contributed by atoms with Gasteiger partial charge in [0.2, 0.25) is 0 Å². The van der Waals surface area contributed by atoms with E-state index in [0.717, 1.165) is 5.56 Å². The molecule has 0 aliphatic heterocycles. The van der Waals surface area contributed by atoms with E-state index >= 15 is 0 Å². The number of aryl methyl sites for hydroxylation is 1. The molecule has 0 aliphatic rings. The number of esters is 1. The van der Waals surface area contributed by atoms with Crippen LogP contribution in [0.5, 0.6) is 0 Å². The summed E-state index contributed by atoms with van der Waals surface area (Å²) in [5, 5.41) is 3.04. The van der Waals surface area contributed by atoms with Gasteiger partial charge in [-0.3, -0.25) is 0 Å². The lowest BCUT2D eigenvalue weighted by Crippen LogP contribution is -2.39. The van der Waals surface area contributed by atoms with E-state index in [4.69, 9.17) is 9.47 Å². The zero-order valence-corrected chi connectivity index (χ0v) is 13.3. The van der Waals surface area contributed by atoms with Crippen molar-refractivity contribution < 1.29 is 18.7 Å². The molecule has 1 aromatic rings. The highest BCUT2D eigenvalue weighted by Crippen LogP contribution is 2.21. The van der Waals surface area contributed by atoms with Gasteiger partial charge in [-0.15, -0.1) is 0 Å². The summed E-state index contributed by atoms with van der Waals surface area (Å²) in [7, 11) is 1.59. The molecule has 0 saturated heterocycles. The predicted molar refractivity (Wildman–Crippen MR) is 80.9 cm³/mol. The van der Waals surface area contributed by atoms with Gasteiger partial charge in [0.25, 0.3) is 0 Å². The van der Waals surface area contributed by atoms with Crippen molar-refractivity contribution in [3.63, 3.8) is 0 Å². The average Bonchev–Trinajstić information content (AvgIpc) is 2.37. The zero-order valence-electron chi connectivity index (χ0n) is 13.3. The number of nitrogens with one attached hydrogen (secondary N) is 1. The van der Waals surface area contributed by atoms with Crippen molar-refractivity contribution in [2.45, 2.75) is 45.8 Å². The van der Waals surface area contributed by atoms with Crippen molar-refractivity contribution in [3.8, 4) is 0 Å². The topological polar surface area (TPSA) is 47.6 Å². The van der Waals surface area contributed by atoms with Gasteiger partial charge < -0.3 is 14.8 Å². The van der Waals surface area contributed by atoms with Crippen LogP contribution >= 0.6 is 0 Å². The van der Waals surface area contributed by atoms with Crippen LogP contribution in [0.25, 0.3) is 0 Å². The number of halogens is 1. The van der Waals surface area contributed by atoms with Crippen molar-refractivity contribution in [1.82, 2.24) is 0 Å². The molecule has 0 saturated carbocycles. The van der Waals surface area contributed by atoms with Gasteiger partial charge in [0.15, 0.2) is 0 Å². The second-order valence-electron chi connectivity index (χ2n) is 5.63. The Morgan fingerprint density at radius 2 is 2.05 bits per heavy atom. The molecule has 0 aliphatic carbocycles. The minimum absolute atomic E-state index is 0.298. The number of carbonyl (C=O) groups excluding carboxylic acids is 1. The molecular formula is C16H24FNO3. The molecule has 0 spiro atoms. The molecule has 21 heavy (non-hydrogen) atoms. The molecule has 1 unspecified atom stereocenters. The predicted octanol–water partition coefficient (Wildman–Crippen LogP) is 3.29. The Balaban J connectivity index is 2.93. The molecule has 0 amide bonds. The minimum atomic E-state index is -0.596. The number of anilines is 1. The fraction of sp³-hybridized carbons (Fsp3) is 0.562. The lowest BCUT2D eigenvalue weighted by molar-refractivity contribution is -0.145. The van der Waals surface area contributed by atoms with E-state index in [2.05, 4.69) is 5.32 Å². The maximum Gasteiger partial charge on any atom is 0.328 e. The van der Waals surface area contributed by atoms with E-state index in [1.807, 2.05) is 13.8 Å². The van der Waals surface area contributed by atoms with Crippen molar-refractivity contribution >= 4 is 11.7 Å². The van der Waals surface area contributed by atoms with Crippen LogP contribution in [-0.4, -0.2) is 31.3 Å². The Labute approximate surface area is 125 Å². The van der Waals surface area contributed by atoms with Crippen LogP contribution in [0.3, 0.4) is 0 Å². The first-order valence-corrected chi connectivity index (χ1v) is 7.03. The van der Waals surface area contributed by atoms with Gasteiger partial charge in [-0.2, -0.15) is 0 Å². The zero-order chi connectivity index (χ0) is 16.0. The number of carbonyl (C=O) groups is 1. The van der Waals surface area contributed by atoms with E-state index in [1.54, 1.807) is 27.0 Å². The number of rotatable bonds is 7. The van der Waals surface area contributed by atoms with Crippen LogP contribution < -0.4 is 5.32 Å². The molecule has 0 radical (unpaired) electrons. The summed E-state index contributed by atoms with van der Waals surface area (Å²) in [6.07, 6.45) is 0.415. The number of methoxy groups -OCH3 is 1. The van der Waals surface area contributed by atoms with Crippen molar-refractivity contribution in [2.75, 3.05) is 19.0 Å². The lowest BCUT2D eigenvalue weighted by atomic mass is 9.98. The summed E-state index contributed by atoms with van der Waals surface area (Å²) < 4.78 is 23.9. The highest BCUT2D eigenvalue weighted by Gasteiger charge is 2.29. The van der Waals surface area contributed by atoms with Gasteiger partial charge in [-0.05, 0) is 51.5 Å². The smallest absolute Gasteiger partial charge is 0.328 e. The molecular weight excluding hydrogens is 273 g/mol. The first-order valence-electron chi connectivity index (χ1n) is 7.03. The van der Waals surface area contributed by atoms with Crippen molar-refractivity contribution in [3.05, 3.63) is 29.6 Å². The number of ether oxygens (including phenoxy) is 2. The van der Waals surface area contributed by atoms with Crippen LogP contribution in [0.1, 0.15) is 32.8 Å². The second kappa shape index (κ2) is 7.41. The molecule has 5 heteroatoms. The quantitative estimate of drug-likeness (QED) is 0.785. The van der Waals surface area contributed by atoms with Gasteiger partial charge >= 0.3 is 5.97 Å². The van der Waals surface area contributed by atoms with Gasteiger partial charge in [0.05, 0.1) is 12.2 Å². The molecule has 1 N–H and O–H groups in total. The molecule has 0 heterocycles. The highest BCUT2D eigenvalue weighted by molar-refractivity contribution is 5.79. The SMILES string of the molecule is CCOC(=O)C(CC(C)(C)OC)Nc1cc(C)cc(F)c1. The molecule has 0 fully saturated rings. The summed E-state index contributed by atoms with van der Waals surface area (Å²) in [6.45, 7) is 7.62. The summed E-state index contributed by atoms with van der Waals surface area (Å²) in [5.74, 6) is -0.712. The molecule has 1 rings (SSSR count). The number of hydrogen-bond donors (Lipinski definition) is 1. The highest BCUT2D eigenvalue weighted by atomic mass is 19.1. The maximum atomic E-state index is 13.5. The molecule has 1 aromatic carbocycles. The Kier molecular flexibility index (Phi) is 6.15. The summed E-state index contributed by atoms with van der Waals surface area (Å²) in [5.41, 5.74) is 0.843. The summed E-state index contributed by atoms with van der Waals surface area (Å²) in [6, 6.07) is 3.98. The fourth-order valence-corrected chi connectivity index (χ4v) is 2.03. The fourth-order valence-electron chi connectivity index (χ4n) is 2.03. The first kappa shape index (κ1) is 17.4. The Bertz CT molecular complexity index is 468. The Morgan fingerprint density at radius 1 is 1.38 bits per heavy atom. The van der Waals surface area contributed by atoms with E-state index in [1.165, 1.54) is 12.1 Å². The van der Waals surface area contributed by atoms with Crippen LogP contribution in [0.2, 0.25) is 0 Å². The van der Waals surface area contributed by atoms with Gasteiger partial charge in [-0.1, -0.05) is 0 Å². The monoisotopic (exact) mass is 297 g/mol. The van der Waals surface area contributed by atoms with Crippen LogP contribution in [0.15, 0.2) is 18.2 Å². The lowest BCUT2D eigenvalue weighted by Gasteiger charge is -2.28. The van der Waals surface area contributed by atoms with Crippen LogP contribution in [-0.2, 0) is 14.3 Å². The van der Waals surface area contributed by atoms with Crippen LogP contribution in [0.4, 0.5) is 10.1 Å². The Hall–Kier alpha value is -1.62. The minimum Gasteiger partial charge on any atom is -0.464 e. The molecule has 1 atom stereocenters. The van der Waals surface area contributed by atoms with Gasteiger partial charge in [0.1, 0.15) is 11.9 Å².